The molecule has 0 bridgehead atoms. The molecular formula is C19H16BrN5O3. The van der Waals surface area contributed by atoms with Gasteiger partial charge in [0.2, 0.25) is 5.91 Å². The topological polar surface area (TPSA) is 94.4 Å². The summed E-state index contributed by atoms with van der Waals surface area (Å²) < 4.78 is 0.896. The fourth-order valence-corrected chi connectivity index (χ4v) is 3.45. The van der Waals surface area contributed by atoms with Crippen LogP contribution in [0.25, 0.3) is 0 Å². The van der Waals surface area contributed by atoms with E-state index in [2.05, 4.69) is 31.6 Å². The van der Waals surface area contributed by atoms with Gasteiger partial charge in [0.05, 0.1) is 5.69 Å². The average Bonchev–Trinajstić information content (AvgIpc) is 3.18. The number of nitrogens with one attached hydrogen (secondary N) is 1. The Bertz CT molecular complexity index is 974. The number of hydrogen-bond donors (Lipinski definition) is 1. The van der Waals surface area contributed by atoms with Gasteiger partial charge in [-0.1, -0.05) is 38.8 Å². The smallest absolute Gasteiger partial charge is 0.263 e. The third-order valence-electron chi connectivity index (χ3n) is 4.58. The second-order valence-electron chi connectivity index (χ2n) is 6.59. The fraction of sp³-hybridized carbons (Fsp3) is 0.211. The average molecular weight is 442 g/mol. The first kappa shape index (κ1) is 18.3. The summed E-state index contributed by atoms with van der Waals surface area (Å²) in [6.45, 7) is 1.74. The largest absolute Gasteiger partial charge is 0.324 e. The van der Waals surface area contributed by atoms with Crippen LogP contribution in [0.15, 0.2) is 63.3 Å². The number of anilines is 2. The Hall–Kier alpha value is -3.07. The molecule has 9 heteroatoms. The van der Waals surface area contributed by atoms with Crippen LogP contribution in [0.3, 0.4) is 0 Å². The van der Waals surface area contributed by atoms with E-state index in [4.69, 9.17) is 0 Å². The molecule has 2 atom stereocenters. The molecule has 0 aliphatic carbocycles. The van der Waals surface area contributed by atoms with Gasteiger partial charge in [-0.15, -0.1) is 0 Å². The van der Waals surface area contributed by atoms with Crippen molar-refractivity contribution in [3.63, 3.8) is 0 Å². The Morgan fingerprint density at radius 2 is 1.75 bits per heavy atom. The molecule has 142 valence electrons. The van der Waals surface area contributed by atoms with E-state index in [1.165, 1.54) is 5.01 Å². The highest BCUT2D eigenvalue weighted by Gasteiger charge is 2.55. The van der Waals surface area contributed by atoms with E-state index in [-0.39, 0.29) is 12.5 Å². The Morgan fingerprint density at radius 3 is 2.43 bits per heavy atom. The van der Waals surface area contributed by atoms with Crippen molar-refractivity contribution in [2.24, 2.45) is 10.3 Å². The number of amides is 3. The second-order valence-corrected chi connectivity index (χ2v) is 7.51. The van der Waals surface area contributed by atoms with Gasteiger partial charge in [-0.05, 0) is 43.3 Å². The summed E-state index contributed by atoms with van der Waals surface area (Å²) >= 11 is 3.33. The lowest BCUT2D eigenvalue weighted by Crippen LogP contribution is -2.43. The number of hydrogen-bond acceptors (Lipinski definition) is 6. The molecule has 2 aromatic carbocycles. The van der Waals surface area contributed by atoms with Crippen LogP contribution in [0, 0.1) is 6.92 Å². The molecule has 0 aromatic heterocycles. The first-order chi connectivity index (χ1) is 13.4. The third-order valence-corrected chi connectivity index (χ3v) is 5.11. The Balaban J connectivity index is 1.48. The normalized spacial score (nSPS) is 20.6. The number of imide groups is 1. The van der Waals surface area contributed by atoms with Crippen molar-refractivity contribution in [3.8, 4) is 0 Å². The first-order valence-electron chi connectivity index (χ1n) is 8.61. The molecule has 2 heterocycles. The van der Waals surface area contributed by atoms with E-state index in [9.17, 15) is 14.4 Å². The number of halogens is 1. The lowest BCUT2D eigenvalue weighted by molar-refractivity contribution is -0.123. The summed E-state index contributed by atoms with van der Waals surface area (Å²) in [7, 11) is 0. The number of nitrogens with zero attached hydrogens (tertiary/aromatic N) is 4. The van der Waals surface area contributed by atoms with E-state index >= 15 is 0 Å². The number of carbonyl (C=O) groups is 3. The maximum absolute atomic E-state index is 12.9. The van der Waals surface area contributed by atoms with Gasteiger partial charge in [-0.2, -0.15) is 5.11 Å². The predicted molar refractivity (Wildman–Crippen MR) is 106 cm³/mol. The van der Waals surface area contributed by atoms with Crippen LogP contribution < -0.4 is 10.2 Å². The molecule has 4 rings (SSSR count). The van der Waals surface area contributed by atoms with Crippen LogP contribution in [0.2, 0.25) is 0 Å². The zero-order chi connectivity index (χ0) is 19.8. The van der Waals surface area contributed by atoms with Crippen LogP contribution in [0.4, 0.5) is 11.4 Å². The van der Waals surface area contributed by atoms with E-state index in [1.807, 2.05) is 19.1 Å². The van der Waals surface area contributed by atoms with Gasteiger partial charge in [-0.3, -0.25) is 19.4 Å². The summed E-state index contributed by atoms with van der Waals surface area (Å²) in [6, 6.07) is 12.4. The maximum Gasteiger partial charge on any atom is 0.263 e. The lowest BCUT2D eigenvalue weighted by atomic mass is 10.1. The van der Waals surface area contributed by atoms with E-state index < -0.39 is 23.9 Å². The molecule has 2 aliphatic heterocycles. The van der Waals surface area contributed by atoms with Gasteiger partial charge in [-0.25, -0.2) is 4.90 Å². The van der Waals surface area contributed by atoms with Gasteiger partial charge in [0.25, 0.3) is 11.8 Å². The number of benzene rings is 2. The molecular weight excluding hydrogens is 426 g/mol. The van der Waals surface area contributed by atoms with Gasteiger partial charge < -0.3 is 5.32 Å². The van der Waals surface area contributed by atoms with Gasteiger partial charge in [0.1, 0.15) is 6.54 Å². The molecule has 3 amide bonds. The molecule has 0 saturated carbocycles. The number of carbonyl (C=O) groups excluding carboxylic acids is 3. The van der Waals surface area contributed by atoms with Gasteiger partial charge >= 0.3 is 0 Å². The van der Waals surface area contributed by atoms with Crippen molar-refractivity contribution in [2.45, 2.75) is 19.0 Å². The minimum absolute atomic E-state index is 0.179. The zero-order valence-corrected chi connectivity index (χ0v) is 16.5. The van der Waals surface area contributed by atoms with E-state index in [0.717, 1.165) is 14.9 Å². The molecule has 0 radical (unpaired) electrons. The SMILES string of the molecule is Cc1ccc(N2C(=O)[C@H]3N=NN(CC(=O)Nc4ccc(Br)cc4)[C@@H]3C2=O)cc1. The molecule has 1 N–H and O–H groups in total. The number of aryl methyl sites for hydroxylation is 1. The van der Waals surface area contributed by atoms with Crippen molar-refractivity contribution in [1.29, 1.82) is 0 Å². The first-order valence-corrected chi connectivity index (χ1v) is 9.40. The number of fused-ring (bicyclic) bond motifs is 1. The number of rotatable bonds is 4. The monoisotopic (exact) mass is 441 g/mol. The van der Waals surface area contributed by atoms with Crippen molar-refractivity contribution in [1.82, 2.24) is 5.01 Å². The lowest BCUT2D eigenvalue weighted by Gasteiger charge is -2.20. The standard InChI is InChI=1S/C19H16BrN5O3/c1-11-2-8-14(9-3-11)25-18(27)16-17(19(25)28)24(23-22-16)10-15(26)21-13-6-4-12(20)5-7-13/h2-9,16-17H,10H2,1H3,(H,21,26)/t16-,17-/m0/s1. The minimum Gasteiger partial charge on any atom is -0.324 e. The van der Waals surface area contributed by atoms with Crippen LogP contribution >= 0.6 is 15.9 Å². The molecule has 0 unspecified atom stereocenters. The van der Waals surface area contributed by atoms with Crippen molar-refractivity contribution < 1.29 is 14.4 Å². The molecule has 8 nitrogen and oxygen atoms in total. The van der Waals surface area contributed by atoms with Gasteiger partial charge in [0, 0.05) is 10.2 Å². The minimum atomic E-state index is -0.922. The summed E-state index contributed by atoms with van der Waals surface area (Å²) in [6.07, 6.45) is 0. The highest BCUT2D eigenvalue weighted by Crippen LogP contribution is 2.31. The molecule has 0 spiro atoms. The molecule has 2 aromatic rings. The van der Waals surface area contributed by atoms with E-state index in [0.29, 0.717) is 11.4 Å². The fourth-order valence-electron chi connectivity index (χ4n) is 3.18. The molecule has 28 heavy (non-hydrogen) atoms. The zero-order valence-electron chi connectivity index (χ0n) is 14.9. The second kappa shape index (κ2) is 7.16. The quantitative estimate of drug-likeness (QED) is 0.737. The molecule has 1 saturated heterocycles. The predicted octanol–water partition coefficient (Wildman–Crippen LogP) is 2.69. The summed E-state index contributed by atoms with van der Waals surface area (Å²) in [4.78, 5) is 39.0. The summed E-state index contributed by atoms with van der Waals surface area (Å²) in [5, 5.41) is 11.8. The van der Waals surface area contributed by atoms with Crippen LogP contribution in [-0.4, -0.2) is 41.4 Å². The van der Waals surface area contributed by atoms with Crippen molar-refractivity contribution in [2.75, 3.05) is 16.8 Å². The Labute approximate surface area is 169 Å². The van der Waals surface area contributed by atoms with Gasteiger partial charge in [0.15, 0.2) is 12.1 Å². The third kappa shape index (κ3) is 3.29. The summed E-state index contributed by atoms with van der Waals surface area (Å²) in [5.41, 5.74) is 2.13. The van der Waals surface area contributed by atoms with Crippen LogP contribution in [0.5, 0.6) is 0 Å². The van der Waals surface area contributed by atoms with Crippen LogP contribution in [-0.2, 0) is 14.4 Å². The van der Waals surface area contributed by atoms with E-state index in [1.54, 1.807) is 36.4 Å². The maximum atomic E-state index is 12.9. The molecule has 2 aliphatic rings. The molecule has 1 fully saturated rings. The Kier molecular flexibility index (Phi) is 4.68. The van der Waals surface area contributed by atoms with Crippen molar-refractivity contribution in [3.05, 3.63) is 58.6 Å². The summed E-state index contributed by atoms with van der Waals surface area (Å²) in [5.74, 6) is -1.21. The van der Waals surface area contributed by atoms with Crippen molar-refractivity contribution >= 4 is 45.0 Å². The van der Waals surface area contributed by atoms with Crippen LogP contribution in [0.1, 0.15) is 5.56 Å². The Morgan fingerprint density at radius 1 is 1.07 bits per heavy atom. The highest BCUT2D eigenvalue weighted by molar-refractivity contribution is 9.10. The highest BCUT2D eigenvalue weighted by atomic mass is 79.9.